The molecule has 1 aliphatic rings. The average Bonchev–Trinajstić information content (AvgIpc) is 3.10. The molecule has 3 aromatic rings. The van der Waals surface area contributed by atoms with Gasteiger partial charge in [0.1, 0.15) is 11.9 Å². The van der Waals surface area contributed by atoms with Crippen LogP contribution in [0.5, 0.6) is 5.75 Å². The Morgan fingerprint density at radius 1 is 1.33 bits per heavy atom. The number of hydrogen-bond donors (Lipinski definition) is 0. The van der Waals surface area contributed by atoms with Crippen LogP contribution in [0.4, 0.5) is 5.13 Å². The minimum absolute atomic E-state index is 0.0323. The Labute approximate surface area is 162 Å². The summed E-state index contributed by atoms with van der Waals surface area (Å²) >= 11 is 1.46. The van der Waals surface area contributed by atoms with Gasteiger partial charge in [0.15, 0.2) is 0 Å². The third-order valence-corrected chi connectivity index (χ3v) is 6.57. The fourth-order valence-corrected chi connectivity index (χ4v) is 4.63. The topological polar surface area (TPSA) is 59.7 Å². The van der Waals surface area contributed by atoms with Gasteiger partial charge in [0.25, 0.3) is 5.56 Å². The molecule has 0 spiro atoms. The third kappa shape index (κ3) is 3.10. The van der Waals surface area contributed by atoms with E-state index in [2.05, 4.69) is 28.8 Å². The molecule has 2 aromatic heterocycles. The molecular formula is C20H24N4O2S. The van der Waals surface area contributed by atoms with Crippen LogP contribution in [-0.2, 0) is 6.42 Å². The van der Waals surface area contributed by atoms with Crippen molar-refractivity contribution in [2.45, 2.75) is 45.8 Å². The van der Waals surface area contributed by atoms with E-state index in [9.17, 15) is 4.79 Å². The van der Waals surface area contributed by atoms with E-state index >= 15 is 0 Å². The Balaban J connectivity index is 1.55. The summed E-state index contributed by atoms with van der Waals surface area (Å²) in [5.74, 6) is 0.902. The quantitative estimate of drug-likeness (QED) is 0.675. The molecule has 0 amide bonds. The standard InChI is InChI=1S/C20H24N4O2S/c1-5-13-11-17(25)24-18(21-13)27-19(22-24)23(4)15-12-16(20(15,2)3)26-14-9-7-6-8-10-14/h6-11,15-16H,5,12H2,1-4H3/t15-,16-/m0/s1. The zero-order chi connectivity index (χ0) is 19.2. The number of anilines is 1. The van der Waals surface area contributed by atoms with E-state index in [-0.39, 0.29) is 23.1 Å². The molecule has 1 fully saturated rings. The van der Waals surface area contributed by atoms with Crippen LogP contribution >= 0.6 is 11.3 Å². The molecule has 0 N–H and O–H groups in total. The van der Waals surface area contributed by atoms with Crippen LogP contribution in [0.15, 0.2) is 41.2 Å². The second kappa shape index (κ2) is 6.64. The molecule has 1 saturated carbocycles. The van der Waals surface area contributed by atoms with E-state index in [0.29, 0.717) is 4.96 Å². The Morgan fingerprint density at radius 3 is 2.74 bits per heavy atom. The van der Waals surface area contributed by atoms with E-state index in [0.717, 1.165) is 29.4 Å². The molecule has 1 aromatic carbocycles. The van der Waals surface area contributed by atoms with E-state index in [1.165, 1.54) is 15.9 Å². The highest BCUT2D eigenvalue weighted by molar-refractivity contribution is 7.20. The molecule has 0 unspecified atom stereocenters. The zero-order valence-electron chi connectivity index (χ0n) is 16.0. The predicted molar refractivity (Wildman–Crippen MR) is 108 cm³/mol. The summed E-state index contributed by atoms with van der Waals surface area (Å²) in [5, 5.41) is 5.32. The number of para-hydroxylation sites is 1. The highest BCUT2D eigenvalue weighted by Crippen LogP contribution is 2.47. The summed E-state index contributed by atoms with van der Waals surface area (Å²) in [6.07, 6.45) is 1.80. The Morgan fingerprint density at radius 2 is 2.07 bits per heavy atom. The maximum Gasteiger partial charge on any atom is 0.275 e. The number of ether oxygens (including phenoxy) is 1. The lowest BCUT2D eigenvalue weighted by atomic mass is 9.64. The van der Waals surface area contributed by atoms with Crippen molar-refractivity contribution in [3.05, 3.63) is 52.4 Å². The molecule has 4 rings (SSSR count). The van der Waals surface area contributed by atoms with Crippen molar-refractivity contribution >= 4 is 21.4 Å². The maximum atomic E-state index is 12.3. The molecule has 1 aliphatic carbocycles. The van der Waals surface area contributed by atoms with Gasteiger partial charge in [-0.3, -0.25) is 4.79 Å². The lowest BCUT2D eigenvalue weighted by Gasteiger charge is -2.54. The molecular weight excluding hydrogens is 360 g/mol. The van der Waals surface area contributed by atoms with Crippen LogP contribution in [-0.4, -0.2) is 33.8 Å². The summed E-state index contributed by atoms with van der Waals surface area (Å²) in [7, 11) is 2.04. The van der Waals surface area contributed by atoms with Crippen molar-refractivity contribution in [1.29, 1.82) is 0 Å². The number of aromatic nitrogens is 3. The van der Waals surface area contributed by atoms with Crippen LogP contribution in [0.1, 0.15) is 32.9 Å². The fourth-order valence-electron chi connectivity index (χ4n) is 3.69. The molecule has 2 heterocycles. The highest BCUT2D eigenvalue weighted by Gasteiger charge is 2.52. The highest BCUT2D eigenvalue weighted by atomic mass is 32.1. The van der Waals surface area contributed by atoms with E-state index in [1.807, 2.05) is 44.3 Å². The lowest BCUT2D eigenvalue weighted by Crippen LogP contribution is -2.62. The number of fused-ring (bicyclic) bond motifs is 1. The zero-order valence-corrected chi connectivity index (χ0v) is 16.9. The van der Waals surface area contributed by atoms with Gasteiger partial charge >= 0.3 is 0 Å². The fraction of sp³-hybridized carbons (Fsp3) is 0.450. The number of aryl methyl sites for hydroxylation is 1. The second-order valence-corrected chi connectivity index (χ2v) is 8.56. The van der Waals surface area contributed by atoms with Gasteiger partial charge in [0.2, 0.25) is 10.1 Å². The Kier molecular flexibility index (Phi) is 4.42. The van der Waals surface area contributed by atoms with Crippen molar-refractivity contribution < 1.29 is 4.74 Å². The lowest BCUT2D eigenvalue weighted by molar-refractivity contribution is -0.0416. The number of rotatable bonds is 5. The van der Waals surface area contributed by atoms with Crippen molar-refractivity contribution in [3.63, 3.8) is 0 Å². The molecule has 0 radical (unpaired) electrons. The predicted octanol–water partition coefficient (Wildman–Crippen LogP) is 3.40. The van der Waals surface area contributed by atoms with Gasteiger partial charge < -0.3 is 9.64 Å². The number of hydrogen-bond acceptors (Lipinski definition) is 6. The van der Waals surface area contributed by atoms with Crippen molar-refractivity contribution in [2.75, 3.05) is 11.9 Å². The maximum absolute atomic E-state index is 12.3. The Bertz CT molecular complexity index is 1010. The second-order valence-electron chi connectivity index (χ2n) is 7.62. The molecule has 0 saturated heterocycles. The monoisotopic (exact) mass is 384 g/mol. The van der Waals surface area contributed by atoms with E-state index in [4.69, 9.17) is 4.74 Å². The van der Waals surface area contributed by atoms with Crippen LogP contribution in [0.25, 0.3) is 4.96 Å². The van der Waals surface area contributed by atoms with Gasteiger partial charge in [-0.1, -0.05) is 50.3 Å². The van der Waals surface area contributed by atoms with Crippen LogP contribution in [0.3, 0.4) is 0 Å². The minimum Gasteiger partial charge on any atom is -0.490 e. The third-order valence-electron chi connectivity index (χ3n) is 5.57. The Hall–Kier alpha value is -2.41. The van der Waals surface area contributed by atoms with Crippen LogP contribution in [0, 0.1) is 5.41 Å². The summed E-state index contributed by atoms with van der Waals surface area (Å²) in [4.78, 5) is 19.6. The smallest absolute Gasteiger partial charge is 0.275 e. The number of benzene rings is 1. The first-order chi connectivity index (χ1) is 12.9. The van der Waals surface area contributed by atoms with Gasteiger partial charge in [-0.15, -0.1) is 5.10 Å². The van der Waals surface area contributed by atoms with Crippen molar-refractivity contribution in [2.24, 2.45) is 5.41 Å². The summed E-state index contributed by atoms with van der Waals surface area (Å²) in [6.45, 7) is 6.44. The SMILES string of the molecule is CCc1cc(=O)n2nc(N(C)[C@H]3C[C@H](Oc4ccccc4)C3(C)C)sc2n1. The van der Waals surface area contributed by atoms with Gasteiger partial charge in [0.05, 0.1) is 0 Å². The van der Waals surface area contributed by atoms with Gasteiger partial charge in [-0.25, -0.2) is 4.98 Å². The van der Waals surface area contributed by atoms with Gasteiger partial charge in [0, 0.05) is 36.7 Å². The first-order valence-corrected chi connectivity index (χ1v) is 10.1. The van der Waals surface area contributed by atoms with Gasteiger partial charge in [-0.2, -0.15) is 4.52 Å². The molecule has 6 nitrogen and oxygen atoms in total. The van der Waals surface area contributed by atoms with Crippen molar-refractivity contribution in [1.82, 2.24) is 14.6 Å². The molecule has 142 valence electrons. The van der Waals surface area contributed by atoms with Crippen molar-refractivity contribution in [3.8, 4) is 5.75 Å². The number of nitrogens with zero attached hydrogens (tertiary/aromatic N) is 4. The molecule has 2 atom stereocenters. The van der Waals surface area contributed by atoms with Gasteiger partial charge in [-0.05, 0) is 18.6 Å². The molecule has 0 aliphatic heterocycles. The normalized spacial score (nSPS) is 21.0. The summed E-state index contributed by atoms with van der Waals surface area (Å²) in [6, 6.07) is 11.8. The van der Waals surface area contributed by atoms with E-state index < -0.39 is 0 Å². The first kappa shape index (κ1) is 18.0. The first-order valence-electron chi connectivity index (χ1n) is 9.24. The summed E-state index contributed by atoms with van der Waals surface area (Å²) in [5.41, 5.74) is 0.652. The molecule has 7 heteroatoms. The molecule has 27 heavy (non-hydrogen) atoms. The van der Waals surface area contributed by atoms with E-state index in [1.54, 1.807) is 6.07 Å². The summed E-state index contributed by atoms with van der Waals surface area (Å²) < 4.78 is 7.58. The van der Waals surface area contributed by atoms with Crippen LogP contribution < -0.4 is 15.2 Å². The largest absolute Gasteiger partial charge is 0.490 e. The van der Waals surface area contributed by atoms with Crippen LogP contribution in [0.2, 0.25) is 0 Å². The average molecular weight is 385 g/mol. The minimum atomic E-state index is -0.120. The molecule has 0 bridgehead atoms.